The summed E-state index contributed by atoms with van der Waals surface area (Å²) in [5.41, 5.74) is 5.01. The third-order valence-electron chi connectivity index (χ3n) is 1.73. The maximum atomic E-state index is 10.4. The Morgan fingerprint density at radius 2 is 2.29 bits per heavy atom. The minimum Gasteiger partial charge on any atom is -0.370 e. The van der Waals surface area contributed by atoms with Gasteiger partial charge in [-0.05, 0) is 41.0 Å². The van der Waals surface area contributed by atoms with Crippen molar-refractivity contribution < 1.29 is 4.79 Å². The van der Waals surface area contributed by atoms with Crippen LogP contribution in [0.1, 0.15) is 11.3 Å². The highest BCUT2D eigenvalue weighted by Crippen LogP contribution is 2.21. The Balaban J connectivity index is 2.07. The van der Waals surface area contributed by atoms with Crippen molar-refractivity contribution in [2.45, 2.75) is 12.8 Å². The normalized spacial score (nSPS) is 10.4. The summed E-state index contributed by atoms with van der Waals surface area (Å²) in [6.45, 7) is 1.56. The Morgan fingerprint density at radius 3 is 2.86 bits per heavy atom. The molecule has 1 amide bonds. The first kappa shape index (κ1) is 11.7. The second-order valence-corrected chi connectivity index (χ2v) is 5.47. The summed E-state index contributed by atoms with van der Waals surface area (Å²) in [4.78, 5) is 11.8. The maximum Gasteiger partial charge on any atom is 0.218 e. The fourth-order valence-electron chi connectivity index (χ4n) is 1.03. The van der Waals surface area contributed by atoms with Crippen molar-refractivity contribution in [2.75, 3.05) is 13.1 Å². The standard InChI is InChI=1S/C9H13BrN2OS/c10-8-2-1-7(14-8)3-5-12-6-4-9(11)13/h1-2,12H,3-6H2,(H2,11,13). The summed E-state index contributed by atoms with van der Waals surface area (Å²) in [6, 6.07) is 4.15. The third kappa shape index (κ3) is 4.74. The molecule has 0 atom stereocenters. The number of amides is 1. The number of hydrogen-bond acceptors (Lipinski definition) is 3. The highest BCUT2D eigenvalue weighted by molar-refractivity contribution is 9.11. The molecule has 1 heterocycles. The van der Waals surface area contributed by atoms with Gasteiger partial charge in [0.25, 0.3) is 0 Å². The summed E-state index contributed by atoms with van der Waals surface area (Å²) in [5, 5.41) is 3.16. The smallest absolute Gasteiger partial charge is 0.218 e. The van der Waals surface area contributed by atoms with Crippen LogP contribution >= 0.6 is 27.3 Å². The van der Waals surface area contributed by atoms with Crippen molar-refractivity contribution in [2.24, 2.45) is 5.73 Å². The summed E-state index contributed by atoms with van der Waals surface area (Å²) < 4.78 is 1.16. The van der Waals surface area contributed by atoms with Crippen LogP contribution in [0.25, 0.3) is 0 Å². The molecule has 0 fully saturated rings. The van der Waals surface area contributed by atoms with E-state index in [-0.39, 0.29) is 5.91 Å². The lowest BCUT2D eigenvalue weighted by molar-refractivity contribution is -0.117. The van der Waals surface area contributed by atoms with Crippen LogP contribution in [-0.2, 0) is 11.2 Å². The van der Waals surface area contributed by atoms with Crippen LogP contribution in [0.2, 0.25) is 0 Å². The fourth-order valence-corrected chi connectivity index (χ4v) is 2.52. The molecule has 1 rings (SSSR count). The molecular weight excluding hydrogens is 264 g/mol. The van der Waals surface area contributed by atoms with Gasteiger partial charge in [-0.3, -0.25) is 4.79 Å². The van der Waals surface area contributed by atoms with Crippen molar-refractivity contribution in [3.63, 3.8) is 0 Å². The number of rotatable bonds is 6. The molecule has 0 aliphatic carbocycles. The molecule has 3 nitrogen and oxygen atoms in total. The van der Waals surface area contributed by atoms with E-state index in [4.69, 9.17) is 5.73 Å². The van der Waals surface area contributed by atoms with Crippen LogP contribution < -0.4 is 11.1 Å². The number of thiophene rings is 1. The molecule has 0 saturated carbocycles. The zero-order valence-corrected chi connectivity index (χ0v) is 10.2. The van der Waals surface area contributed by atoms with Crippen LogP contribution in [0.15, 0.2) is 15.9 Å². The van der Waals surface area contributed by atoms with Gasteiger partial charge in [-0.2, -0.15) is 0 Å². The predicted molar refractivity (Wildman–Crippen MR) is 62.4 cm³/mol. The highest BCUT2D eigenvalue weighted by atomic mass is 79.9. The molecule has 0 spiro atoms. The zero-order chi connectivity index (χ0) is 10.4. The molecule has 1 aromatic rings. The van der Waals surface area contributed by atoms with E-state index in [0.29, 0.717) is 13.0 Å². The maximum absolute atomic E-state index is 10.4. The van der Waals surface area contributed by atoms with E-state index in [0.717, 1.165) is 16.8 Å². The molecule has 0 aromatic carbocycles. The first-order valence-electron chi connectivity index (χ1n) is 4.41. The van der Waals surface area contributed by atoms with Crippen LogP contribution in [0.5, 0.6) is 0 Å². The lowest BCUT2D eigenvalue weighted by atomic mass is 10.3. The van der Waals surface area contributed by atoms with Gasteiger partial charge in [0.05, 0.1) is 3.79 Å². The molecule has 0 radical (unpaired) electrons. The van der Waals surface area contributed by atoms with E-state index < -0.39 is 0 Å². The first-order chi connectivity index (χ1) is 6.68. The SMILES string of the molecule is NC(=O)CCNCCc1ccc(Br)s1. The first-order valence-corrected chi connectivity index (χ1v) is 6.02. The van der Waals surface area contributed by atoms with E-state index in [1.165, 1.54) is 4.88 Å². The summed E-state index contributed by atoms with van der Waals surface area (Å²) >= 11 is 5.15. The highest BCUT2D eigenvalue weighted by Gasteiger charge is 1.97. The molecule has 0 aliphatic rings. The predicted octanol–water partition coefficient (Wildman–Crippen LogP) is 1.52. The third-order valence-corrected chi connectivity index (χ3v) is 3.41. The molecule has 0 saturated heterocycles. The van der Waals surface area contributed by atoms with Crippen molar-refractivity contribution in [1.29, 1.82) is 0 Å². The van der Waals surface area contributed by atoms with Crippen LogP contribution in [-0.4, -0.2) is 19.0 Å². The van der Waals surface area contributed by atoms with Crippen molar-refractivity contribution in [1.82, 2.24) is 5.32 Å². The summed E-state index contributed by atoms with van der Waals surface area (Å²) in [6.07, 6.45) is 1.41. The molecule has 3 N–H and O–H groups in total. The fraction of sp³-hybridized carbons (Fsp3) is 0.444. The zero-order valence-electron chi connectivity index (χ0n) is 7.75. The Labute approximate surface area is 95.8 Å². The van der Waals surface area contributed by atoms with Crippen LogP contribution in [0, 0.1) is 0 Å². The minimum atomic E-state index is -0.253. The van der Waals surface area contributed by atoms with Gasteiger partial charge in [0, 0.05) is 17.8 Å². The van der Waals surface area contributed by atoms with E-state index >= 15 is 0 Å². The summed E-state index contributed by atoms with van der Waals surface area (Å²) in [5.74, 6) is -0.253. The average molecular weight is 277 g/mol. The molecule has 0 unspecified atom stereocenters. The van der Waals surface area contributed by atoms with Gasteiger partial charge in [0.1, 0.15) is 0 Å². The average Bonchev–Trinajstić information content (AvgIpc) is 2.50. The minimum absolute atomic E-state index is 0.253. The van der Waals surface area contributed by atoms with E-state index in [1.807, 2.05) is 6.07 Å². The van der Waals surface area contributed by atoms with E-state index in [1.54, 1.807) is 11.3 Å². The Morgan fingerprint density at radius 1 is 1.50 bits per heavy atom. The van der Waals surface area contributed by atoms with Crippen molar-refractivity contribution in [3.05, 3.63) is 20.8 Å². The van der Waals surface area contributed by atoms with Gasteiger partial charge in [-0.15, -0.1) is 11.3 Å². The molecule has 5 heteroatoms. The number of hydrogen-bond donors (Lipinski definition) is 2. The van der Waals surface area contributed by atoms with E-state index in [2.05, 4.69) is 27.3 Å². The van der Waals surface area contributed by atoms with Gasteiger partial charge in [0.15, 0.2) is 0 Å². The van der Waals surface area contributed by atoms with Gasteiger partial charge in [-0.25, -0.2) is 0 Å². The summed E-state index contributed by atoms with van der Waals surface area (Å²) in [7, 11) is 0. The molecular formula is C9H13BrN2OS. The van der Waals surface area contributed by atoms with Gasteiger partial charge < -0.3 is 11.1 Å². The quantitative estimate of drug-likeness (QED) is 0.775. The Bertz CT molecular complexity index is 301. The van der Waals surface area contributed by atoms with E-state index in [9.17, 15) is 4.79 Å². The Kier molecular flexibility index (Phi) is 5.14. The van der Waals surface area contributed by atoms with Crippen LogP contribution in [0.3, 0.4) is 0 Å². The van der Waals surface area contributed by atoms with Crippen LogP contribution in [0.4, 0.5) is 0 Å². The number of nitrogens with one attached hydrogen (secondary N) is 1. The topological polar surface area (TPSA) is 55.1 Å². The van der Waals surface area contributed by atoms with Gasteiger partial charge >= 0.3 is 0 Å². The monoisotopic (exact) mass is 276 g/mol. The lowest BCUT2D eigenvalue weighted by Crippen LogP contribution is -2.23. The number of carbonyl (C=O) groups is 1. The number of nitrogens with two attached hydrogens (primary N) is 1. The number of primary amides is 1. The van der Waals surface area contributed by atoms with Gasteiger partial charge in [-0.1, -0.05) is 0 Å². The van der Waals surface area contributed by atoms with Crippen molar-refractivity contribution >= 4 is 33.2 Å². The molecule has 0 aliphatic heterocycles. The second kappa shape index (κ2) is 6.16. The number of carbonyl (C=O) groups excluding carboxylic acids is 1. The largest absolute Gasteiger partial charge is 0.370 e. The molecule has 1 aromatic heterocycles. The van der Waals surface area contributed by atoms with Gasteiger partial charge in [0.2, 0.25) is 5.91 Å². The second-order valence-electron chi connectivity index (χ2n) is 2.92. The molecule has 0 bridgehead atoms. The Hall–Kier alpha value is -0.390. The molecule has 78 valence electrons. The van der Waals surface area contributed by atoms with Crippen molar-refractivity contribution in [3.8, 4) is 0 Å². The molecule has 14 heavy (non-hydrogen) atoms. The number of halogens is 1. The lowest BCUT2D eigenvalue weighted by Gasteiger charge is -2.00.